The molecular weight excluding hydrogens is 502 g/mol. The molecule has 0 aliphatic carbocycles. The molecule has 1 aromatic heterocycles. The number of nitrogens with one attached hydrogen (secondary N) is 2. The van der Waals surface area contributed by atoms with Gasteiger partial charge in [-0.05, 0) is 59.8 Å². The predicted octanol–water partition coefficient (Wildman–Crippen LogP) is 1.66. The number of nitrogen functional groups attached to an aromatic ring is 1. The minimum atomic E-state index is -3.84. The van der Waals surface area contributed by atoms with E-state index in [0.29, 0.717) is 15.6 Å². The molecule has 2 aromatic carbocycles. The summed E-state index contributed by atoms with van der Waals surface area (Å²) in [5, 5.41) is 16.4. The summed E-state index contributed by atoms with van der Waals surface area (Å²) in [6, 6.07) is 12.4. The number of halogens is 1. The lowest BCUT2D eigenvalue weighted by atomic mass is 10.2. The monoisotopic (exact) mass is 517 g/mol. The first-order chi connectivity index (χ1) is 16.1. The van der Waals surface area contributed by atoms with E-state index < -0.39 is 15.9 Å². The smallest absolute Gasteiger partial charge is 0.276 e. The number of thioether (sulfide) groups is 1. The summed E-state index contributed by atoms with van der Waals surface area (Å²) in [6.07, 6.45) is 2.91. The second-order valence-electron chi connectivity index (χ2n) is 6.87. The van der Waals surface area contributed by atoms with Crippen LogP contribution in [-0.4, -0.2) is 35.2 Å². The van der Waals surface area contributed by atoms with Gasteiger partial charge in [0.2, 0.25) is 10.0 Å². The Morgan fingerprint density at radius 3 is 2.50 bits per heavy atom. The van der Waals surface area contributed by atoms with Crippen molar-refractivity contribution in [3.63, 3.8) is 0 Å². The summed E-state index contributed by atoms with van der Waals surface area (Å²) in [4.78, 5) is 25.0. The van der Waals surface area contributed by atoms with Crippen molar-refractivity contribution < 1.29 is 18.0 Å². The number of primary sulfonamides is 1. The zero-order valence-electron chi connectivity index (χ0n) is 17.1. The molecule has 14 heteroatoms. The third-order valence-electron chi connectivity index (χ3n) is 4.54. The summed E-state index contributed by atoms with van der Waals surface area (Å²) >= 11 is 6.92. The summed E-state index contributed by atoms with van der Waals surface area (Å²) < 4.78 is 24.0. The fourth-order valence-electron chi connectivity index (χ4n) is 2.87. The van der Waals surface area contributed by atoms with Crippen LogP contribution in [0.4, 0.5) is 5.82 Å². The molecule has 2 heterocycles. The van der Waals surface area contributed by atoms with Crippen molar-refractivity contribution in [1.82, 2.24) is 20.5 Å². The number of rotatable bonds is 5. The average Bonchev–Trinajstić information content (AvgIpc) is 3.35. The molecule has 1 aliphatic rings. The van der Waals surface area contributed by atoms with Gasteiger partial charge in [0, 0.05) is 5.02 Å². The molecule has 34 heavy (non-hydrogen) atoms. The highest BCUT2D eigenvalue weighted by Crippen LogP contribution is 2.26. The molecule has 0 saturated carbocycles. The fraction of sp³-hybridized carbons (Fsp3) is 0. The number of nitrogens with two attached hydrogens (primary N) is 2. The van der Waals surface area contributed by atoms with Crippen molar-refractivity contribution in [2.24, 2.45) is 10.2 Å². The van der Waals surface area contributed by atoms with Gasteiger partial charge in [-0.2, -0.15) is 5.10 Å². The maximum atomic E-state index is 12.5. The van der Waals surface area contributed by atoms with Gasteiger partial charge in [-0.3, -0.25) is 14.9 Å². The number of sulfonamides is 1. The van der Waals surface area contributed by atoms with Crippen LogP contribution in [0.15, 0.2) is 69.6 Å². The number of hydrogen-bond donors (Lipinski definition) is 4. The van der Waals surface area contributed by atoms with E-state index in [9.17, 15) is 18.0 Å². The average molecular weight is 518 g/mol. The van der Waals surface area contributed by atoms with Gasteiger partial charge < -0.3 is 5.73 Å². The lowest BCUT2D eigenvalue weighted by Crippen LogP contribution is -2.25. The molecule has 0 unspecified atom stereocenters. The van der Waals surface area contributed by atoms with Crippen LogP contribution in [0.2, 0.25) is 5.02 Å². The van der Waals surface area contributed by atoms with Crippen LogP contribution in [0.25, 0.3) is 11.8 Å². The van der Waals surface area contributed by atoms with E-state index in [-0.39, 0.29) is 27.4 Å². The SMILES string of the molecule is Nc1c(C(=O)N/N=C2\NC(=O)/C(=C/c3ccc(Cl)cc3)S2)cnn1-c1ccc(S(N)(=O)=O)cc1. The summed E-state index contributed by atoms with van der Waals surface area (Å²) in [6.45, 7) is 0. The molecule has 6 N–H and O–H groups in total. The number of benzene rings is 2. The van der Waals surface area contributed by atoms with Crippen molar-refractivity contribution in [1.29, 1.82) is 0 Å². The molecule has 4 rings (SSSR count). The Hall–Kier alpha value is -3.65. The van der Waals surface area contributed by atoms with E-state index in [4.69, 9.17) is 22.5 Å². The zero-order chi connectivity index (χ0) is 24.5. The predicted molar refractivity (Wildman–Crippen MR) is 129 cm³/mol. The lowest BCUT2D eigenvalue weighted by molar-refractivity contribution is -0.115. The number of hydrogen-bond acceptors (Lipinski definition) is 8. The first-order valence-corrected chi connectivity index (χ1v) is 12.2. The van der Waals surface area contributed by atoms with Gasteiger partial charge in [0.05, 0.1) is 21.7 Å². The third-order valence-corrected chi connectivity index (χ3v) is 6.63. The third kappa shape index (κ3) is 5.12. The Bertz CT molecular complexity index is 1450. The highest BCUT2D eigenvalue weighted by atomic mass is 35.5. The first kappa shape index (κ1) is 23.5. The number of carbonyl (C=O) groups excluding carboxylic acids is 2. The molecule has 1 saturated heterocycles. The summed E-state index contributed by atoms with van der Waals surface area (Å²) in [5.74, 6) is -1.00. The molecule has 0 bridgehead atoms. The number of carbonyl (C=O) groups is 2. The van der Waals surface area contributed by atoms with E-state index in [1.807, 2.05) is 0 Å². The van der Waals surface area contributed by atoms with Crippen molar-refractivity contribution in [2.45, 2.75) is 4.90 Å². The van der Waals surface area contributed by atoms with Gasteiger partial charge in [-0.15, -0.1) is 5.10 Å². The van der Waals surface area contributed by atoms with Crippen molar-refractivity contribution in [2.75, 3.05) is 5.73 Å². The number of anilines is 1. The molecular formula is C20H16ClN7O4S2. The first-order valence-electron chi connectivity index (χ1n) is 9.43. The second kappa shape index (κ2) is 9.30. The van der Waals surface area contributed by atoms with E-state index in [0.717, 1.165) is 17.3 Å². The molecule has 2 amide bonds. The van der Waals surface area contributed by atoms with Gasteiger partial charge in [0.25, 0.3) is 11.8 Å². The molecule has 0 spiro atoms. The maximum Gasteiger partial charge on any atom is 0.276 e. The molecule has 0 radical (unpaired) electrons. The minimum Gasteiger partial charge on any atom is -0.383 e. The largest absolute Gasteiger partial charge is 0.383 e. The maximum absolute atomic E-state index is 12.5. The number of amides is 2. The van der Waals surface area contributed by atoms with Crippen LogP contribution >= 0.6 is 23.4 Å². The number of hydrazone groups is 1. The van der Waals surface area contributed by atoms with E-state index in [1.54, 1.807) is 30.3 Å². The summed E-state index contributed by atoms with van der Waals surface area (Å²) in [5.41, 5.74) is 9.60. The normalized spacial score (nSPS) is 16.1. The Morgan fingerprint density at radius 1 is 1.18 bits per heavy atom. The molecule has 1 aliphatic heterocycles. The topological polar surface area (TPSA) is 175 Å². The highest BCUT2D eigenvalue weighted by molar-refractivity contribution is 8.18. The van der Waals surface area contributed by atoms with Gasteiger partial charge in [0.15, 0.2) is 5.17 Å². The summed E-state index contributed by atoms with van der Waals surface area (Å²) in [7, 11) is -3.84. The fourth-order valence-corrected chi connectivity index (χ4v) is 4.29. The van der Waals surface area contributed by atoms with E-state index >= 15 is 0 Å². The molecule has 174 valence electrons. The molecule has 0 atom stereocenters. The molecule has 1 fully saturated rings. The Kier molecular flexibility index (Phi) is 6.43. The number of aromatic nitrogens is 2. The number of nitrogens with zero attached hydrogens (tertiary/aromatic N) is 3. The van der Waals surface area contributed by atoms with Gasteiger partial charge in [0.1, 0.15) is 11.4 Å². The van der Waals surface area contributed by atoms with Crippen molar-refractivity contribution in [3.8, 4) is 5.69 Å². The highest BCUT2D eigenvalue weighted by Gasteiger charge is 2.24. The van der Waals surface area contributed by atoms with Gasteiger partial charge in [-0.25, -0.2) is 23.7 Å². The zero-order valence-corrected chi connectivity index (χ0v) is 19.5. The standard InChI is InChI=1S/C20H16ClN7O4S2/c21-12-3-1-11(2-4-12)9-16-19(30)25-20(33-16)27-26-18(29)15-10-24-28(17(15)22)13-5-7-14(8-6-13)34(23,31)32/h1-10H,22H2,(H,26,29)(H2,23,31,32)(H,25,27,30)/b16-9-. The second-order valence-corrected chi connectivity index (χ2v) is 9.90. The van der Waals surface area contributed by atoms with E-state index in [1.165, 1.54) is 35.1 Å². The Labute approximate surface area is 202 Å². The van der Waals surface area contributed by atoms with E-state index in [2.05, 4.69) is 20.9 Å². The van der Waals surface area contributed by atoms with Gasteiger partial charge in [-0.1, -0.05) is 23.7 Å². The van der Waals surface area contributed by atoms with Crippen LogP contribution in [0.5, 0.6) is 0 Å². The lowest BCUT2D eigenvalue weighted by Gasteiger charge is -2.06. The minimum absolute atomic E-state index is 0.00693. The van der Waals surface area contributed by atoms with Crippen molar-refractivity contribution >= 4 is 62.3 Å². The molecule has 11 nitrogen and oxygen atoms in total. The van der Waals surface area contributed by atoms with Crippen LogP contribution in [0, 0.1) is 0 Å². The van der Waals surface area contributed by atoms with Crippen LogP contribution in [-0.2, 0) is 14.8 Å². The van der Waals surface area contributed by atoms with Crippen LogP contribution in [0.3, 0.4) is 0 Å². The number of amidine groups is 1. The molecule has 3 aromatic rings. The quantitative estimate of drug-likeness (QED) is 0.294. The Balaban J connectivity index is 1.46. The van der Waals surface area contributed by atoms with Crippen LogP contribution in [0.1, 0.15) is 15.9 Å². The van der Waals surface area contributed by atoms with Crippen LogP contribution < -0.4 is 21.6 Å². The Morgan fingerprint density at radius 2 is 1.85 bits per heavy atom. The van der Waals surface area contributed by atoms with Gasteiger partial charge >= 0.3 is 0 Å². The van der Waals surface area contributed by atoms with Crippen molar-refractivity contribution in [3.05, 3.63) is 75.8 Å².